The van der Waals surface area contributed by atoms with Crippen molar-refractivity contribution >= 4 is 17.5 Å². The van der Waals surface area contributed by atoms with Gasteiger partial charge in [0.25, 0.3) is 0 Å². The molecule has 25 heavy (non-hydrogen) atoms. The zero-order valence-electron chi connectivity index (χ0n) is 14.4. The van der Waals surface area contributed by atoms with E-state index in [2.05, 4.69) is 10.6 Å². The lowest BCUT2D eigenvalue weighted by atomic mass is 10.1. The van der Waals surface area contributed by atoms with Gasteiger partial charge in [0, 0.05) is 5.69 Å². The highest BCUT2D eigenvalue weighted by atomic mass is 16.5. The first-order valence-corrected chi connectivity index (χ1v) is 8.12. The summed E-state index contributed by atoms with van der Waals surface area (Å²) in [5.74, 6) is 0.0113. The van der Waals surface area contributed by atoms with Gasteiger partial charge in [-0.15, -0.1) is 0 Å². The Balaban J connectivity index is 1.82. The van der Waals surface area contributed by atoms with Crippen LogP contribution in [0.15, 0.2) is 48.5 Å². The van der Waals surface area contributed by atoms with Gasteiger partial charge in [0.05, 0.1) is 13.2 Å². The number of rotatable bonds is 7. The minimum absolute atomic E-state index is 0.147. The molecular formula is C19H23N3O3. The molecule has 0 aliphatic rings. The maximum atomic E-state index is 12.1. The van der Waals surface area contributed by atoms with Crippen molar-refractivity contribution in [3.8, 4) is 5.75 Å². The lowest BCUT2D eigenvalue weighted by Crippen LogP contribution is -2.38. The van der Waals surface area contributed by atoms with E-state index in [1.807, 2.05) is 26.0 Å². The number of aryl methyl sites for hydroxylation is 1. The highest BCUT2D eigenvalue weighted by Crippen LogP contribution is 2.15. The summed E-state index contributed by atoms with van der Waals surface area (Å²) in [4.78, 5) is 24.0. The Morgan fingerprint density at radius 2 is 1.72 bits per heavy atom. The molecule has 0 aliphatic heterocycles. The highest BCUT2D eigenvalue weighted by molar-refractivity contribution is 5.95. The number of carbonyl (C=O) groups is 2. The fourth-order valence-corrected chi connectivity index (χ4v) is 2.21. The Kier molecular flexibility index (Phi) is 6.54. The number of amides is 2. The number of anilines is 1. The summed E-state index contributed by atoms with van der Waals surface area (Å²) in [5.41, 5.74) is 8.34. The van der Waals surface area contributed by atoms with Crippen molar-refractivity contribution in [3.63, 3.8) is 0 Å². The van der Waals surface area contributed by atoms with E-state index in [1.165, 1.54) is 0 Å². The van der Waals surface area contributed by atoms with Gasteiger partial charge in [-0.2, -0.15) is 0 Å². The van der Waals surface area contributed by atoms with E-state index in [-0.39, 0.29) is 12.5 Å². The summed E-state index contributed by atoms with van der Waals surface area (Å²) >= 11 is 0. The number of hydrogen-bond acceptors (Lipinski definition) is 4. The monoisotopic (exact) mass is 341 g/mol. The largest absolute Gasteiger partial charge is 0.494 e. The molecule has 4 N–H and O–H groups in total. The van der Waals surface area contributed by atoms with Crippen LogP contribution in [0.2, 0.25) is 0 Å². The van der Waals surface area contributed by atoms with E-state index < -0.39 is 11.9 Å². The summed E-state index contributed by atoms with van der Waals surface area (Å²) < 4.78 is 5.34. The third kappa shape index (κ3) is 5.61. The molecular weight excluding hydrogens is 318 g/mol. The number of carbonyl (C=O) groups excluding carboxylic acids is 2. The van der Waals surface area contributed by atoms with Gasteiger partial charge in [0.2, 0.25) is 11.8 Å². The Labute approximate surface area is 147 Å². The summed E-state index contributed by atoms with van der Waals surface area (Å²) in [6, 6.07) is 13.6. The third-order valence-electron chi connectivity index (χ3n) is 3.59. The molecule has 1 unspecified atom stereocenters. The molecule has 0 saturated carbocycles. The van der Waals surface area contributed by atoms with Crippen LogP contribution in [0.25, 0.3) is 0 Å². The summed E-state index contributed by atoms with van der Waals surface area (Å²) in [6.07, 6.45) is 0. The van der Waals surface area contributed by atoms with Gasteiger partial charge < -0.3 is 21.1 Å². The van der Waals surface area contributed by atoms with Crippen LogP contribution in [0.4, 0.5) is 5.69 Å². The number of hydrogen-bond donors (Lipinski definition) is 3. The number of benzene rings is 2. The smallest absolute Gasteiger partial charge is 0.243 e. The quantitative estimate of drug-likeness (QED) is 0.719. The lowest BCUT2D eigenvalue weighted by molar-refractivity contribution is -0.125. The van der Waals surface area contributed by atoms with Crippen LogP contribution >= 0.6 is 0 Å². The van der Waals surface area contributed by atoms with Crippen molar-refractivity contribution in [3.05, 3.63) is 59.7 Å². The molecule has 0 aliphatic carbocycles. The van der Waals surface area contributed by atoms with E-state index >= 15 is 0 Å². The van der Waals surface area contributed by atoms with E-state index in [4.69, 9.17) is 10.5 Å². The predicted molar refractivity (Wildman–Crippen MR) is 97.4 cm³/mol. The molecule has 0 bridgehead atoms. The van der Waals surface area contributed by atoms with Crippen LogP contribution in [0.1, 0.15) is 24.1 Å². The van der Waals surface area contributed by atoms with Gasteiger partial charge in [-0.25, -0.2) is 0 Å². The van der Waals surface area contributed by atoms with Crippen molar-refractivity contribution in [2.45, 2.75) is 19.9 Å². The molecule has 0 radical (unpaired) electrons. The molecule has 1 atom stereocenters. The van der Waals surface area contributed by atoms with Gasteiger partial charge in [-0.1, -0.05) is 29.8 Å². The highest BCUT2D eigenvalue weighted by Gasteiger charge is 2.16. The fraction of sp³-hybridized carbons (Fsp3) is 0.263. The van der Waals surface area contributed by atoms with Crippen LogP contribution in [0.3, 0.4) is 0 Å². The van der Waals surface area contributed by atoms with Gasteiger partial charge in [0.15, 0.2) is 0 Å². The molecule has 0 spiro atoms. The van der Waals surface area contributed by atoms with Crippen LogP contribution in [-0.4, -0.2) is 25.0 Å². The van der Waals surface area contributed by atoms with Crippen molar-refractivity contribution in [2.24, 2.45) is 5.73 Å². The SMILES string of the molecule is CCOc1ccc(NC(=O)CNC(=O)C(N)c2ccc(C)cc2)cc1. The Bertz CT molecular complexity index is 712. The molecule has 2 amide bonds. The first-order chi connectivity index (χ1) is 12.0. The van der Waals surface area contributed by atoms with Gasteiger partial charge in [0.1, 0.15) is 11.8 Å². The molecule has 6 heteroatoms. The molecule has 0 aromatic heterocycles. The standard InChI is InChI=1S/C19H23N3O3/c1-3-25-16-10-8-15(9-11-16)22-17(23)12-21-19(24)18(20)14-6-4-13(2)5-7-14/h4-11,18H,3,12,20H2,1-2H3,(H,21,24)(H,22,23). The second kappa shape index (κ2) is 8.84. The van der Waals surface area contributed by atoms with Crippen LogP contribution in [0.5, 0.6) is 5.75 Å². The summed E-state index contributed by atoms with van der Waals surface area (Å²) in [7, 11) is 0. The Morgan fingerprint density at radius 3 is 2.32 bits per heavy atom. The molecule has 0 fully saturated rings. The maximum absolute atomic E-state index is 12.1. The Hall–Kier alpha value is -2.86. The summed E-state index contributed by atoms with van der Waals surface area (Å²) in [6.45, 7) is 4.30. The Morgan fingerprint density at radius 1 is 1.08 bits per heavy atom. The minimum atomic E-state index is -0.807. The van der Waals surface area contributed by atoms with Crippen molar-refractivity contribution in [2.75, 3.05) is 18.5 Å². The topological polar surface area (TPSA) is 93.5 Å². The second-order valence-corrected chi connectivity index (χ2v) is 5.61. The van der Waals surface area contributed by atoms with E-state index in [0.717, 1.165) is 11.3 Å². The minimum Gasteiger partial charge on any atom is -0.494 e. The molecule has 2 aromatic rings. The molecule has 0 saturated heterocycles. The second-order valence-electron chi connectivity index (χ2n) is 5.61. The zero-order chi connectivity index (χ0) is 18.2. The van der Waals surface area contributed by atoms with Crippen molar-refractivity contribution < 1.29 is 14.3 Å². The van der Waals surface area contributed by atoms with Crippen molar-refractivity contribution in [1.29, 1.82) is 0 Å². The van der Waals surface area contributed by atoms with Gasteiger partial charge in [-0.05, 0) is 43.7 Å². The average Bonchev–Trinajstić information content (AvgIpc) is 2.61. The van der Waals surface area contributed by atoms with Gasteiger partial charge in [-0.3, -0.25) is 9.59 Å². The fourth-order valence-electron chi connectivity index (χ4n) is 2.21. The average molecular weight is 341 g/mol. The normalized spacial score (nSPS) is 11.5. The van der Waals surface area contributed by atoms with E-state index in [0.29, 0.717) is 17.9 Å². The summed E-state index contributed by atoms with van der Waals surface area (Å²) in [5, 5.41) is 5.25. The van der Waals surface area contributed by atoms with Crippen LogP contribution in [-0.2, 0) is 9.59 Å². The third-order valence-corrected chi connectivity index (χ3v) is 3.59. The molecule has 6 nitrogen and oxygen atoms in total. The number of nitrogens with one attached hydrogen (secondary N) is 2. The van der Waals surface area contributed by atoms with E-state index in [9.17, 15) is 9.59 Å². The van der Waals surface area contributed by atoms with Gasteiger partial charge >= 0.3 is 0 Å². The molecule has 2 rings (SSSR count). The van der Waals surface area contributed by atoms with E-state index in [1.54, 1.807) is 36.4 Å². The maximum Gasteiger partial charge on any atom is 0.243 e. The lowest BCUT2D eigenvalue weighted by Gasteiger charge is -2.13. The molecule has 132 valence electrons. The first-order valence-electron chi connectivity index (χ1n) is 8.12. The van der Waals surface area contributed by atoms with Crippen LogP contribution < -0.4 is 21.1 Å². The molecule has 2 aromatic carbocycles. The number of nitrogens with two attached hydrogens (primary N) is 1. The van der Waals surface area contributed by atoms with Crippen LogP contribution in [0, 0.1) is 6.92 Å². The zero-order valence-corrected chi connectivity index (χ0v) is 14.4. The van der Waals surface area contributed by atoms with Crippen molar-refractivity contribution in [1.82, 2.24) is 5.32 Å². The number of ether oxygens (including phenoxy) is 1. The molecule has 0 heterocycles. The predicted octanol–water partition coefficient (Wildman–Crippen LogP) is 2.15. The first kappa shape index (κ1) is 18.5.